The summed E-state index contributed by atoms with van der Waals surface area (Å²) < 4.78 is 0. The van der Waals surface area contributed by atoms with Gasteiger partial charge in [0, 0.05) is 0 Å². The Morgan fingerprint density at radius 1 is 1.00 bits per heavy atom. The highest BCUT2D eigenvalue weighted by Crippen LogP contribution is 2.23. The SMILES string of the molecule is CCCCCC(CC)CCCc1ccccc1O. The minimum absolute atomic E-state index is 0.455. The topological polar surface area (TPSA) is 20.2 Å². The Morgan fingerprint density at radius 2 is 1.72 bits per heavy atom. The van der Waals surface area contributed by atoms with Gasteiger partial charge in [-0.15, -0.1) is 0 Å². The van der Waals surface area contributed by atoms with Crippen LogP contribution in [0.1, 0.15) is 64.4 Å². The van der Waals surface area contributed by atoms with Crippen molar-refractivity contribution in [3.63, 3.8) is 0 Å². The largest absolute Gasteiger partial charge is 0.508 e. The highest BCUT2D eigenvalue weighted by atomic mass is 16.3. The molecular formula is C17H28O. The zero-order valence-electron chi connectivity index (χ0n) is 12.0. The highest BCUT2D eigenvalue weighted by Gasteiger charge is 2.07. The molecule has 102 valence electrons. The summed E-state index contributed by atoms with van der Waals surface area (Å²) in [6.45, 7) is 4.57. The van der Waals surface area contributed by atoms with Crippen LogP contribution in [0.4, 0.5) is 0 Å². The van der Waals surface area contributed by atoms with E-state index in [1.807, 2.05) is 18.2 Å². The second-order valence-corrected chi connectivity index (χ2v) is 5.29. The molecule has 0 aromatic heterocycles. The zero-order valence-corrected chi connectivity index (χ0v) is 12.0. The number of phenols is 1. The van der Waals surface area contributed by atoms with Crippen molar-refractivity contribution in [1.29, 1.82) is 0 Å². The predicted molar refractivity (Wildman–Crippen MR) is 79.0 cm³/mol. The molecule has 1 nitrogen and oxygen atoms in total. The highest BCUT2D eigenvalue weighted by molar-refractivity contribution is 5.31. The lowest BCUT2D eigenvalue weighted by atomic mass is 9.92. The molecule has 0 amide bonds. The molecule has 1 heteroatoms. The molecule has 1 atom stereocenters. The molecule has 0 radical (unpaired) electrons. The van der Waals surface area contributed by atoms with Crippen LogP contribution in [0.5, 0.6) is 5.75 Å². The Balaban J connectivity index is 2.24. The lowest BCUT2D eigenvalue weighted by molar-refractivity contribution is 0.403. The number of rotatable bonds is 9. The number of hydrogen-bond acceptors (Lipinski definition) is 1. The number of aromatic hydroxyl groups is 1. The third-order valence-electron chi connectivity index (χ3n) is 3.84. The predicted octanol–water partition coefficient (Wildman–Crippen LogP) is 5.32. The molecule has 0 heterocycles. The molecule has 0 aliphatic carbocycles. The Morgan fingerprint density at radius 3 is 2.39 bits per heavy atom. The van der Waals surface area contributed by atoms with Crippen LogP contribution >= 0.6 is 0 Å². The fraction of sp³-hybridized carbons (Fsp3) is 0.647. The van der Waals surface area contributed by atoms with Crippen molar-refractivity contribution in [3.05, 3.63) is 29.8 Å². The van der Waals surface area contributed by atoms with Crippen molar-refractivity contribution < 1.29 is 5.11 Å². The van der Waals surface area contributed by atoms with Crippen molar-refractivity contribution in [3.8, 4) is 5.75 Å². The van der Waals surface area contributed by atoms with Crippen LogP contribution < -0.4 is 0 Å². The first kappa shape index (κ1) is 15.1. The van der Waals surface area contributed by atoms with Crippen molar-refractivity contribution in [2.24, 2.45) is 5.92 Å². The lowest BCUT2D eigenvalue weighted by Crippen LogP contribution is -2.00. The Labute approximate surface area is 112 Å². The fourth-order valence-electron chi connectivity index (χ4n) is 2.54. The van der Waals surface area contributed by atoms with Gasteiger partial charge in [0.05, 0.1) is 0 Å². The standard InChI is InChI=1S/C17H28O/c1-3-5-6-10-15(4-2)11-9-13-16-12-7-8-14-17(16)18/h7-8,12,14-15,18H,3-6,9-11,13H2,1-2H3. The molecule has 0 saturated heterocycles. The summed E-state index contributed by atoms with van der Waals surface area (Å²) in [6.07, 6.45) is 10.2. The first-order valence-electron chi connectivity index (χ1n) is 7.54. The maximum atomic E-state index is 9.71. The van der Waals surface area contributed by atoms with E-state index in [9.17, 15) is 5.11 Å². The van der Waals surface area contributed by atoms with E-state index in [1.165, 1.54) is 44.9 Å². The van der Waals surface area contributed by atoms with E-state index in [0.717, 1.165) is 17.9 Å². The number of unbranched alkanes of at least 4 members (excludes halogenated alkanes) is 2. The summed E-state index contributed by atoms with van der Waals surface area (Å²) in [6, 6.07) is 7.72. The molecule has 0 aliphatic heterocycles. The molecule has 1 N–H and O–H groups in total. The summed E-state index contributed by atoms with van der Waals surface area (Å²) in [7, 11) is 0. The molecule has 0 bridgehead atoms. The van der Waals surface area contributed by atoms with E-state index in [0.29, 0.717) is 5.75 Å². The van der Waals surface area contributed by atoms with Gasteiger partial charge in [0.1, 0.15) is 5.75 Å². The molecule has 1 aromatic rings. The van der Waals surface area contributed by atoms with Crippen LogP contribution in [-0.2, 0) is 6.42 Å². The third kappa shape index (κ3) is 5.57. The molecule has 1 unspecified atom stereocenters. The average molecular weight is 248 g/mol. The number of para-hydroxylation sites is 1. The van der Waals surface area contributed by atoms with Gasteiger partial charge in [0.15, 0.2) is 0 Å². The molecule has 0 aliphatic rings. The Bertz CT molecular complexity index is 319. The minimum atomic E-state index is 0.455. The average Bonchev–Trinajstić information content (AvgIpc) is 2.39. The van der Waals surface area contributed by atoms with Crippen LogP contribution in [-0.4, -0.2) is 5.11 Å². The van der Waals surface area contributed by atoms with E-state index in [1.54, 1.807) is 6.07 Å². The van der Waals surface area contributed by atoms with Gasteiger partial charge >= 0.3 is 0 Å². The zero-order chi connectivity index (χ0) is 13.2. The molecule has 0 saturated carbocycles. The Kier molecular flexibility index (Phi) is 7.55. The molecule has 1 aromatic carbocycles. The van der Waals surface area contributed by atoms with E-state index in [4.69, 9.17) is 0 Å². The monoisotopic (exact) mass is 248 g/mol. The smallest absolute Gasteiger partial charge is 0.118 e. The first-order valence-corrected chi connectivity index (χ1v) is 7.54. The molecule has 1 rings (SSSR count). The van der Waals surface area contributed by atoms with Gasteiger partial charge in [0.25, 0.3) is 0 Å². The van der Waals surface area contributed by atoms with E-state index in [2.05, 4.69) is 13.8 Å². The Hall–Kier alpha value is -0.980. The van der Waals surface area contributed by atoms with Crippen molar-refractivity contribution in [2.75, 3.05) is 0 Å². The molecule has 0 spiro atoms. The van der Waals surface area contributed by atoms with Crippen LogP contribution in [0.3, 0.4) is 0 Å². The van der Waals surface area contributed by atoms with Gasteiger partial charge in [0.2, 0.25) is 0 Å². The molecule has 0 fully saturated rings. The summed E-state index contributed by atoms with van der Waals surface area (Å²) in [5.41, 5.74) is 1.10. The van der Waals surface area contributed by atoms with Crippen LogP contribution in [0.15, 0.2) is 24.3 Å². The van der Waals surface area contributed by atoms with Crippen LogP contribution in [0.25, 0.3) is 0 Å². The quantitative estimate of drug-likeness (QED) is 0.586. The van der Waals surface area contributed by atoms with Gasteiger partial charge in [-0.1, -0.05) is 70.6 Å². The van der Waals surface area contributed by atoms with E-state index < -0.39 is 0 Å². The summed E-state index contributed by atoms with van der Waals surface area (Å²) in [5, 5.41) is 9.71. The third-order valence-corrected chi connectivity index (χ3v) is 3.84. The van der Waals surface area contributed by atoms with E-state index >= 15 is 0 Å². The number of phenolic OH excluding ortho intramolecular Hbond substituents is 1. The fourth-order valence-corrected chi connectivity index (χ4v) is 2.54. The van der Waals surface area contributed by atoms with Crippen LogP contribution in [0.2, 0.25) is 0 Å². The van der Waals surface area contributed by atoms with Gasteiger partial charge in [-0.05, 0) is 30.4 Å². The van der Waals surface area contributed by atoms with Crippen molar-refractivity contribution in [2.45, 2.75) is 65.2 Å². The summed E-state index contributed by atoms with van der Waals surface area (Å²) >= 11 is 0. The molecular weight excluding hydrogens is 220 g/mol. The van der Waals surface area contributed by atoms with Gasteiger partial charge in [-0.3, -0.25) is 0 Å². The van der Waals surface area contributed by atoms with Gasteiger partial charge in [-0.25, -0.2) is 0 Å². The minimum Gasteiger partial charge on any atom is -0.508 e. The summed E-state index contributed by atoms with van der Waals surface area (Å²) in [5.74, 6) is 1.33. The van der Waals surface area contributed by atoms with Crippen LogP contribution in [0, 0.1) is 5.92 Å². The maximum absolute atomic E-state index is 9.71. The van der Waals surface area contributed by atoms with E-state index in [-0.39, 0.29) is 0 Å². The number of benzene rings is 1. The van der Waals surface area contributed by atoms with Crippen molar-refractivity contribution >= 4 is 0 Å². The normalized spacial score (nSPS) is 12.6. The maximum Gasteiger partial charge on any atom is 0.118 e. The van der Waals surface area contributed by atoms with Crippen molar-refractivity contribution in [1.82, 2.24) is 0 Å². The number of hydrogen-bond donors (Lipinski definition) is 1. The lowest BCUT2D eigenvalue weighted by Gasteiger charge is -2.14. The number of aryl methyl sites for hydroxylation is 1. The molecule has 18 heavy (non-hydrogen) atoms. The second-order valence-electron chi connectivity index (χ2n) is 5.29. The van der Waals surface area contributed by atoms with Gasteiger partial charge in [-0.2, -0.15) is 0 Å². The second kappa shape index (κ2) is 9.02. The first-order chi connectivity index (χ1) is 8.77. The van der Waals surface area contributed by atoms with Gasteiger partial charge < -0.3 is 5.11 Å². The summed E-state index contributed by atoms with van der Waals surface area (Å²) in [4.78, 5) is 0.